The molecule has 18 heavy (non-hydrogen) atoms. The van der Waals surface area contributed by atoms with E-state index in [-0.39, 0.29) is 6.61 Å². The fourth-order valence-corrected chi connectivity index (χ4v) is 1.32. The van der Waals surface area contributed by atoms with Crippen molar-refractivity contribution in [3.05, 3.63) is 0 Å². The summed E-state index contributed by atoms with van der Waals surface area (Å²) < 4.78 is 4.80. The van der Waals surface area contributed by atoms with E-state index >= 15 is 0 Å². The third kappa shape index (κ3) is 6.85. The van der Waals surface area contributed by atoms with E-state index in [4.69, 9.17) is 21.3 Å². The number of carboxylic acids is 1. The van der Waals surface area contributed by atoms with Gasteiger partial charge in [-0.25, -0.2) is 0 Å². The molecule has 0 saturated carbocycles. The van der Waals surface area contributed by atoms with Crippen LogP contribution in [0.25, 0.3) is 0 Å². The fraction of sp³-hybridized carbons (Fsp3) is 0.727. The van der Waals surface area contributed by atoms with E-state index in [0.29, 0.717) is 6.42 Å². The molecule has 0 radical (unpaired) electrons. The number of unbranched alkanes of at least 4 members (excludes halogenated alkanes) is 1. The van der Waals surface area contributed by atoms with Gasteiger partial charge in [-0.2, -0.15) is 0 Å². The zero-order valence-electron chi connectivity index (χ0n) is 10.4. The Bertz CT molecular complexity index is 306. The molecule has 0 rings (SSSR count). The first kappa shape index (κ1) is 16.4. The molecule has 0 spiro atoms. The standard InChI is InChI=1S/C11H20N2O5/c1-2-3-4-7(10(13)16)6-18-11(17)8(12)5-9(14)15/h7-8H,2-6,12H2,1H3,(H2,13,16)(H,14,15)/t7?,8-/m0/s1. The highest BCUT2D eigenvalue weighted by molar-refractivity contribution is 5.82. The molecule has 0 aliphatic carbocycles. The summed E-state index contributed by atoms with van der Waals surface area (Å²) in [7, 11) is 0. The summed E-state index contributed by atoms with van der Waals surface area (Å²) in [6.07, 6.45) is 1.73. The van der Waals surface area contributed by atoms with Crippen LogP contribution in [0.15, 0.2) is 0 Å². The highest BCUT2D eigenvalue weighted by Crippen LogP contribution is 2.09. The molecular formula is C11H20N2O5. The number of hydrogen-bond acceptors (Lipinski definition) is 5. The Morgan fingerprint density at radius 3 is 2.39 bits per heavy atom. The molecule has 0 aliphatic rings. The monoisotopic (exact) mass is 260 g/mol. The molecule has 1 unspecified atom stereocenters. The molecule has 5 N–H and O–H groups in total. The molecule has 0 aromatic carbocycles. The van der Waals surface area contributed by atoms with Crippen LogP contribution >= 0.6 is 0 Å². The summed E-state index contributed by atoms with van der Waals surface area (Å²) in [6, 6.07) is -1.22. The second-order valence-corrected chi connectivity index (χ2v) is 4.08. The smallest absolute Gasteiger partial charge is 0.323 e. The molecule has 0 heterocycles. The largest absolute Gasteiger partial charge is 0.481 e. The van der Waals surface area contributed by atoms with Gasteiger partial charge < -0.3 is 21.3 Å². The lowest BCUT2D eigenvalue weighted by molar-refractivity contribution is -0.151. The van der Waals surface area contributed by atoms with Gasteiger partial charge in [0.15, 0.2) is 0 Å². The minimum Gasteiger partial charge on any atom is -0.481 e. The minimum absolute atomic E-state index is 0.151. The Morgan fingerprint density at radius 2 is 1.94 bits per heavy atom. The van der Waals surface area contributed by atoms with Gasteiger partial charge in [0.1, 0.15) is 12.6 Å². The predicted molar refractivity (Wildman–Crippen MR) is 63.4 cm³/mol. The first-order valence-electron chi connectivity index (χ1n) is 5.81. The molecular weight excluding hydrogens is 240 g/mol. The average Bonchev–Trinajstić information content (AvgIpc) is 2.27. The normalized spacial score (nSPS) is 13.7. The number of rotatable bonds is 9. The number of hydrogen-bond donors (Lipinski definition) is 3. The molecule has 0 aliphatic heterocycles. The number of aliphatic carboxylic acids is 1. The van der Waals surface area contributed by atoms with Crippen LogP contribution in [0, 0.1) is 5.92 Å². The number of carbonyl (C=O) groups is 3. The minimum atomic E-state index is -1.22. The molecule has 7 heteroatoms. The number of carbonyl (C=O) groups excluding carboxylic acids is 2. The molecule has 1 amide bonds. The second-order valence-electron chi connectivity index (χ2n) is 4.08. The number of amides is 1. The van der Waals surface area contributed by atoms with Crippen molar-refractivity contribution in [3.63, 3.8) is 0 Å². The zero-order chi connectivity index (χ0) is 14.1. The number of primary amides is 1. The van der Waals surface area contributed by atoms with E-state index in [1.165, 1.54) is 0 Å². The Morgan fingerprint density at radius 1 is 1.33 bits per heavy atom. The van der Waals surface area contributed by atoms with Crippen molar-refractivity contribution in [1.82, 2.24) is 0 Å². The van der Waals surface area contributed by atoms with Gasteiger partial charge in [0.05, 0.1) is 12.3 Å². The summed E-state index contributed by atoms with van der Waals surface area (Å²) >= 11 is 0. The number of esters is 1. The summed E-state index contributed by atoms with van der Waals surface area (Å²) in [5, 5.41) is 8.45. The number of nitrogens with two attached hydrogens (primary N) is 2. The summed E-state index contributed by atoms with van der Waals surface area (Å²) in [4.78, 5) is 32.7. The summed E-state index contributed by atoms with van der Waals surface area (Å²) in [6.45, 7) is 1.81. The van der Waals surface area contributed by atoms with Crippen LogP contribution in [0.3, 0.4) is 0 Å². The number of carboxylic acid groups (broad SMARTS) is 1. The van der Waals surface area contributed by atoms with E-state index < -0.39 is 36.2 Å². The lowest BCUT2D eigenvalue weighted by atomic mass is 10.0. The lowest BCUT2D eigenvalue weighted by Crippen LogP contribution is -2.37. The second kappa shape index (κ2) is 8.46. The lowest BCUT2D eigenvalue weighted by Gasteiger charge is -2.15. The van der Waals surface area contributed by atoms with Crippen molar-refractivity contribution < 1.29 is 24.2 Å². The fourth-order valence-electron chi connectivity index (χ4n) is 1.32. The van der Waals surface area contributed by atoms with Gasteiger partial charge in [-0.3, -0.25) is 14.4 Å². The van der Waals surface area contributed by atoms with Crippen molar-refractivity contribution in [2.75, 3.05) is 6.61 Å². The first-order chi connectivity index (χ1) is 8.38. The molecule has 0 fully saturated rings. The van der Waals surface area contributed by atoms with Crippen molar-refractivity contribution in [2.24, 2.45) is 17.4 Å². The Balaban J connectivity index is 4.13. The molecule has 2 atom stereocenters. The first-order valence-corrected chi connectivity index (χ1v) is 5.81. The van der Waals surface area contributed by atoms with E-state index in [1.54, 1.807) is 0 Å². The Labute approximate surface area is 105 Å². The molecule has 0 bridgehead atoms. The topological polar surface area (TPSA) is 133 Å². The predicted octanol–water partition coefficient (Wildman–Crippen LogP) is -0.377. The average molecular weight is 260 g/mol. The Kier molecular flexibility index (Phi) is 7.69. The zero-order valence-corrected chi connectivity index (χ0v) is 10.4. The van der Waals surface area contributed by atoms with Crippen LogP contribution in [-0.2, 0) is 19.1 Å². The van der Waals surface area contributed by atoms with Gasteiger partial charge >= 0.3 is 11.9 Å². The van der Waals surface area contributed by atoms with Gasteiger partial charge in [-0.15, -0.1) is 0 Å². The quantitative estimate of drug-likeness (QED) is 0.484. The van der Waals surface area contributed by atoms with E-state index in [0.717, 1.165) is 12.8 Å². The third-order valence-corrected chi connectivity index (χ3v) is 2.43. The maximum Gasteiger partial charge on any atom is 0.323 e. The van der Waals surface area contributed by atoms with Gasteiger partial charge in [0.25, 0.3) is 0 Å². The molecule has 0 aromatic heterocycles. The van der Waals surface area contributed by atoms with Crippen molar-refractivity contribution >= 4 is 17.8 Å². The van der Waals surface area contributed by atoms with Gasteiger partial charge in [-0.05, 0) is 6.42 Å². The molecule has 7 nitrogen and oxygen atoms in total. The molecule has 0 aromatic rings. The van der Waals surface area contributed by atoms with Gasteiger partial charge in [0, 0.05) is 0 Å². The molecule has 104 valence electrons. The number of ether oxygens (including phenoxy) is 1. The van der Waals surface area contributed by atoms with Crippen LogP contribution in [0.4, 0.5) is 0 Å². The summed E-state index contributed by atoms with van der Waals surface area (Å²) in [5.41, 5.74) is 10.5. The highest BCUT2D eigenvalue weighted by atomic mass is 16.5. The van der Waals surface area contributed by atoms with Crippen molar-refractivity contribution in [1.29, 1.82) is 0 Å². The SMILES string of the molecule is CCCCC(COC(=O)[C@@H](N)CC(=O)O)C(N)=O. The Hall–Kier alpha value is -1.63. The van der Waals surface area contributed by atoms with Crippen LogP contribution in [0.1, 0.15) is 32.6 Å². The van der Waals surface area contributed by atoms with E-state index in [9.17, 15) is 14.4 Å². The summed E-state index contributed by atoms with van der Waals surface area (Å²) in [5.74, 6) is -3.11. The maximum absolute atomic E-state index is 11.3. The van der Waals surface area contributed by atoms with Crippen LogP contribution < -0.4 is 11.5 Å². The van der Waals surface area contributed by atoms with Crippen LogP contribution in [0.5, 0.6) is 0 Å². The van der Waals surface area contributed by atoms with Crippen molar-refractivity contribution in [2.45, 2.75) is 38.6 Å². The van der Waals surface area contributed by atoms with E-state index in [1.807, 2.05) is 6.92 Å². The maximum atomic E-state index is 11.3. The van der Waals surface area contributed by atoms with E-state index in [2.05, 4.69) is 0 Å². The van der Waals surface area contributed by atoms with Gasteiger partial charge in [-0.1, -0.05) is 19.8 Å². The van der Waals surface area contributed by atoms with Gasteiger partial charge in [0.2, 0.25) is 5.91 Å². The highest BCUT2D eigenvalue weighted by Gasteiger charge is 2.22. The van der Waals surface area contributed by atoms with Crippen molar-refractivity contribution in [3.8, 4) is 0 Å². The molecule has 0 saturated heterocycles. The van der Waals surface area contributed by atoms with Crippen LogP contribution in [-0.4, -0.2) is 35.6 Å². The third-order valence-electron chi connectivity index (χ3n) is 2.43. The van der Waals surface area contributed by atoms with Crippen LogP contribution in [0.2, 0.25) is 0 Å².